The summed E-state index contributed by atoms with van der Waals surface area (Å²) < 4.78 is 2.02. The summed E-state index contributed by atoms with van der Waals surface area (Å²) >= 11 is 0. The van der Waals surface area contributed by atoms with Crippen LogP contribution in [0.15, 0.2) is 24.8 Å². The van der Waals surface area contributed by atoms with E-state index in [0.29, 0.717) is 0 Å². The van der Waals surface area contributed by atoms with Gasteiger partial charge in [-0.25, -0.2) is 15.0 Å². The van der Waals surface area contributed by atoms with Gasteiger partial charge in [0.05, 0.1) is 0 Å². The molecule has 6 heteroatoms. The maximum Gasteiger partial charge on any atom is 0.131 e. The largest absolute Gasteiger partial charge is 0.370 e. The molecule has 0 bridgehead atoms. The lowest BCUT2D eigenvalue weighted by Gasteiger charge is -2.08. The molecule has 0 radical (unpaired) electrons. The number of nitrogens with zero attached hydrogens (tertiary/aromatic N) is 4. The Morgan fingerprint density at radius 1 is 1.11 bits per heavy atom. The number of aryl methyl sites for hydroxylation is 1. The summed E-state index contributed by atoms with van der Waals surface area (Å²) in [6.45, 7) is 3.85. The molecule has 0 spiro atoms. The molecule has 2 N–H and O–H groups in total. The number of rotatable bonds is 7. The van der Waals surface area contributed by atoms with Gasteiger partial charge in [-0.2, -0.15) is 0 Å². The Hall–Kier alpha value is -2.11. The lowest BCUT2D eigenvalue weighted by molar-refractivity contribution is 0.788. The van der Waals surface area contributed by atoms with Gasteiger partial charge in [0.1, 0.15) is 23.8 Å². The summed E-state index contributed by atoms with van der Waals surface area (Å²) in [7, 11) is 2.00. The smallest absolute Gasteiger partial charge is 0.131 e. The van der Waals surface area contributed by atoms with Crippen molar-refractivity contribution >= 4 is 11.6 Å². The summed E-state index contributed by atoms with van der Waals surface area (Å²) in [6.07, 6.45) is 7.28. The number of nitrogens with one attached hydrogen (secondary N) is 2. The van der Waals surface area contributed by atoms with Crippen LogP contribution in [0.3, 0.4) is 0 Å². The Labute approximate surface area is 113 Å². The average molecular weight is 260 g/mol. The van der Waals surface area contributed by atoms with E-state index >= 15 is 0 Å². The fourth-order valence-corrected chi connectivity index (χ4v) is 1.74. The monoisotopic (exact) mass is 260 g/mol. The van der Waals surface area contributed by atoms with Gasteiger partial charge in [0, 0.05) is 45.0 Å². The first kappa shape index (κ1) is 13.3. The molecule has 2 aromatic rings. The van der Waals surface area contributed by atoms with Crippen molar-refractivity contribution in [2.24, 2.45) is 7.05 Å². The van der Waals surface area contributed by atoms with Crippen LogP contribution >= 0.6 is 0 Å². The third-order valence-corrected chi connectivity index (χ3v) is 2.80. The van der Waals surface area contributed by atoms with E-state index in [0.717, 1.165) is 43.4 Å². The minimum atomic E-state index is 0.801. The van der Waals surface area contributed by atoms with E-state index in [1.54, 1.807) is 6.33 Å². The van der Waals surface area contributed by atoms with Crippen molar-refractivity contribution in [1.29, 1.82) is 0 Å². The van der Waals surface area contributed by atoms with Crippen LogP contribution in [0.4, 0.5) is 11.6 Å². The zero-order chi connectivity index (χ0) is 13.5. The number of hydrogen-bond donors (Lipinski definition) is 2. The van der Waals surface area contributed by atoms with Gasteiger partial charge in [0.15, 0.2) is 0 Å². The lowest BCUT2D eigenvalue weighted by atomic mass is 10.4. The van der Waals surface area contributed by atoms with E-state index < -0.39 is 0 Å². The van der Waals surface area contributed by atoms with Crippen LogP contribution < -0.4 is 10.6 Å². The predicted molar refractivity (Wildman–Crippen MR) is 76.2 cm³/mol. The quantitative estimate of drug-likeness (QED) is 0.793. The maximum atomic E-state index is 4.28. The zero-order valence-electron chi connectivity index (χ0n) is 11.4. The lowest BCUT2D eigenvalue weighted by Crippen LogP contribution is -2.10. The van der Waals surface area contributed by atoms with Gasteiger partial charge < -0.3 is 15.2 Å². The second kappa shape index (κ2) is 6.72. The Morgan fingerprint density at radius 2 is 1.84 bits per heavy atom. The van der Waals surface area contributed by atoms with E-state index in [4.69, 9.17) is 0 Å². The highest BCUT2D eigenvalue weighted by Crippen LogP contribution is 2.08. The molecule has 2 rings (SSSR count). The molecule has 0 unspecified atom stereocenters. The third-order valence-electron chi connectivity index (χ3n) is 2.80. The molecule has 0 atom stereocenters. The number of aromatic nitrogens is 4. The molecule has 0 aliphatic heterocycles. The van der Waals surface area contributed by atoms with E-state index in [9.17, 15) is 0 Å². The van der Waals surface area contributed by atoms with Crippen LogP contribution in [0.1, 0.15) is 19.2 Å². The third kappa shape index (κ3) is 3.94. The van der Waals surface area contributed by atoms with Crippen LogP contribution in [0, 0.1) is 0 Å². The van der Waals surface area contributed by atoms with E-state index in [2.05, 4.69) is 32.5 Å². The molecule has 102 valence electrons. The summed E-state index contributed by atoms with van der Waals surface area (Å²) in [5.74, 6) is 2.75. The van der Waals surface area contributed by atoms with Gasteiger partial charge >= 0.3 is 0 Å². The molecule has 2 aromatic heterocycles. The Bertz CT molecular complexity index is 507. The first-order valence-electron chi connectivity index (χ1n) is 6.55. The first-order chi connectivity index (χ1) is 9.29. The van der Waals surface area contributed by atoms with Crippen molar-refractivity contribution in [3.8, 4) is 0 Å². The molecular formula is C13H20N6. The van der Waals surface area contributed by atoms with Crippen LogP contribution in [0.5, 0.6) is 0 Å². The minimum absolute atomic E-state index is 0.801. The van der Waals surface area contributed by atoms with Gasteiger partial charge in [0.25, 0.3) is 0 Å². The topological polar surface area (TPSA) is 67.7 Å². The van der Waals surface area contributed by atoms with Crippen LogP contribution in [0.2, 0.25) is 0 Å². The zero-order valence-corrected chi connectivity index (χ0v) is 11.4. The fourth-order valence-electron chi connectivity index (χ4n) is 1.74. The van der Waals surface area contributed by atoms with E-state index in [1.165, 1.54) is 0 Å². The Kier molecular flexibility index (Phi) is 4.72. The summed E-state index contributed by atoms with van der Waals surface area (Å²) in [5.41, 5.74) is 0. The first-order valence-corrected chi connectivity index (χ1v) is 6.55. The molecule has 2 heterocycles. The number of imidazole rings is 1. The maximum absolute atomic E-state index is 4.28. The van der Waals surface area contributed by atoms with Crippen molar-refractivity contribution in [2.45, 2.75) is 19.8 Å². The SMILES string of the molecule is CCCNc1cc(NCCc2nccn2C)ncn1. The molecular weight excluding hydrogens is 240 g/mol. The predicted octanol–water partition coefficient (Wildman–Crippen LogP) is 1.69. The Morgan fingerprint density at radius 3 is 2.47 bits per heavy atom. The summed E-state index contributed by atoms with van der Waals surface area (Å²) in [5, 5.41) is 6.52. The van der Waals surface area contributed by atoms with E-state index in [-0.39, 0.29) is 0 Å². The molecule has 0 fully saturated rings. The summed E-state index contributed by atoms with van der Waals surface area (Å²) in [4.78, 5) is 12.7. The standard InChI is InChI=1S/C13H20N6/c1-3-5-14-11-9-12(18-10-17-11)15-6-4-13-16-7-8-19(13)2/h7-10H,3-6H2,1-2H3,(H2,14,15,17,18). The van der Waals surface area contributed by atoms with Crippen molar-refractivity contribution < 1.29 is 0 Å². The molecule has 0 saturated heterocycles. The summed E-state index contributed by atoms with van der Waals surface area (Å²) in [6, 6.07) is 1.92. The molecule has 19 heavy (non-hydrogen) atoms. The number of hydrogen-bond acceptors (Lipinski definition) is 5. The van der Waals surface area contributed by atoms with Crippen LogP contribution in [-0.4, -0.2) is 32.6 Å². The van der Waals surface area contributed by atoms with E-state index in [1.807, 2.05) is 30.1 Å². The Balaban J connectivity index is 1.84. The average Bonchev–Trinajstić information content (AvgIpc) is 2.83. The van der Waals surface area contributed by atoms with Crippen molar-refractivity contribution in [3.05, 3.63) is 30.6 Å². The molecule has 6 nitrogen and oxygen atoms in total. The van der Waals surface area contributed by atoms with Gasteiger partial charge in [-0.05, 0) is 6.42 Å². The van der Waals surface area contributed by atoms with Crippen LogP contribution in [0.25, 0.3) is 0 Å². The highest BCUT2D eigenvalue weighted by Gasteiger charge is 2.00. The van der Waals surface area contributed by atoms with Gasteiger partial charge in [0.2, 0.25) is 0 Å². The molecule has 0 aromatic carbocycles. The van der Waals surface area contributed by atoms with Crippen molar-refractivity contribution in [2.75, 3.05) is 23.7 Å². The molecule has 0 aliphatic rings. The molecule has 0 amide bonds. The highest BCUT2D eigenvalue weighted by molar-refractivity contribution is 5.46. The fraction of sp³-hybridized carbons (Fsp3) is 0.462. The highest BCUT2D eigenvalue weighted by atomic mass is 15.1. The minimum Gasteiger partial charge on any atom is -0.370 e. The van der Waals surface area contributed by atoms with Gasteiger partial charge in [-0.3, -0.25) is 0 Å². The molecule has 0 saturated carbocycles. The normalized spacial score (nSPS) is 10.4. The van der Waals surface area contributed by atoms with Gasteiger partial charge in [-0.1, -0.05) is 6.92 Å². The second-order valence-corrected chi connectivity index (χ2v) is 4.35. The second-order valence-electron chi connectivity index (χ2n) is 4.35. The van der Waals surface area contributed by atoms with Crippen LogP contribution in [-0.2, 0) is 13.5 Å². The number of anilines is 2. The van der Waals surface area contributed by atoms with Gasteiger partial charge in [-0.15, -0.1) is 0 Å². The van der Waals surface area contributed by atoms with Crippen molar-refractivity contribution in [3.63, 3.8) is 0 Å². The van der Waals surface area contributed by atoms with Crippen molar-refractivity contribution in [1.82, 2.24) is 19.5 Å². The molecule has 0 aliphatic carbocycles.